The maximum atomic E-state index is 12.1. The number of amides is 1. The van der Waals surface area contributed by atoms with Gasteiger partial charge in [0.25, 0.3) is 5.91 Å². The molecule has 1 aromatic carbocycles. The molecule has 0 unspecified atom stereocenters. The van der Waals surface area contributed by atoms with Crippen LogP contribution in [-0.4, -0.2) is 36.4 Å². The van der Waals surface area contributed by atoms with Gasteiger partial charge in [-0.25, -0.2) is 0 Å². The van der Waals surface area contributed by atoms with Crippen molar-refractivity contribution in [3.8, 4) is 0 Å². The molecular weight excluding hydrogens is 280 g/mol. The summed E-state index contributed by atoms with van der Waals surface area (Å²) in [5.41, 5.74) is 3.33. The Kier molecular flexibility index (Phi) is 5.43. The Bertz CT molecular complexity index is 641. The van der Waals surface area contributed by atoms with Crippen molar-refractivity contribution < 1.29 is 9.53 Å². The third kappa shape index (κ3) is 4.26. The van der Waals surface area contributed by atoms with E-state index in [2.05, 4.69) is 20.8 Å². The first kappa shape index (κ1) is 15.9. The van der Waals surface area contributed by atoms with Gasteiger partial charge in [0.2, 0.25) is 0 Å². The summed E-state index contributed by atoms with van der Waals surface area (Å²) < 4.78 is 4.94. The molecule has 0 aliphatic rings. The smallest absolute Gasteiger partial charge is 0.276 e. The fraction of sp³-hybridized carbons (Fsp3) is 0.312. The van der Waals surface area contributed by atoms with E-state index in [4.69, 9.17) is 4.74 Å². The van der Waals surface area contributed by atoms with Crippen LogP contribution in [0, 0.1) is 13.8 Å². The highest BCUT2D eigenvalue weighted by atomic mass is 16.5. The largest absolute Gasteiger partial charge is 0.383 e. The van der Waals surface area contributed by atoms with E-state index in [1.807, 2.05) is 32.0 Å². The first-order valence-electron chi connectivity index (χ1n) is 7.05. The van der Waals surface area contributed by atoms with Crippen LogP contribution in [0.1, 0.15) is 21.6 Å². The van der Waals surface area contributed by atoms with Crippen molar-refractivity contribution in [3.63, 3.8) is 0 Å². The number of hydrogen-bond donors (Lipinski definition) is 2. The van der Waals surface area contributed by atoms with Gasteiger partial charge in [0.15, 0.2) is 5.69 Å². The first-order valence-corrected chi connectivity index (χ1v) is 7.05. The van der Waals surface area contributed by atoms with Gasteiger partial charge < -0.3 is 15.4 Å². The zero-order chi connectivity index (χ0) is 15.9. The number of hydrogen-bond acceptors (Lipinski definition) is 5. The van der Waals surface area contributed by atoms with Gasteiger partial charge in [-0.05, 0) is 49.2 Å². The maximum Gasteiger partial charge on any atom is 0.276 e. The van der Waals surface area contributed by atoms with Crippen molar-refractivity contribution in [1.82, 2.24) is 10.2 Å². The zero-order valence-electron chi connectivity index (χ0n) is 13.0. The van der Waals surface area contributed by atoms with Crippen molar-refractivity contribution in [2.75, 3.05) is 30.9 Å². The summed E-state index contributed by atoms with van der Waals surface area (Å²) in [4.78, 5) is 12.1. The second kappa shape index (κ2) is 7.51. The van der Waals surface area contributed by atoms with Crippen molar-refractivity contribution >= 4 is 17.4 Å². The van der Waals surface area contributed by atoms with E-state index in [-0.39, 0.29) is 11.6 Å². The van der Waals surface area contributed by atoms with E-state index in [1.165, 1.54) is 5.56 Å². The summed E-state index contributed by atoms with van der Waals surface area (Å²) in [6.45, 7) is 5.25. The van der Waals surface area contributed by atoms with E-state index >= 15 is 0 Å². The Morgan fingerprint density at radius 1 is 1.14 bits per heavy atom. The third-order valence-electron chi connectivity index (χ3n) is 3.27. The quantitative estimate of drug-likeness (QED) is 0.801. The number of benzene rings is 1. The molecule has 0 fully saturated rings. The van der Waals surface area contributed by atoms with E-state index in [0.717, 1.165) is 11.3 Å². The topological polar surface area (TPSA) is 76.1 Å². The minimum atomic E-state index is -0.279. The molecule has 6 nitrogen and oxygen atoms in total. The number of carbonyl (C=O) groups excluding carboxylic acids is 1. The van der Waals surface area contributed by atoms with Crippen molar-refractivity contribution in [3.05, 3.63) is 47.2 Å². The number of aromatic nitrogens is 2. The summed E-state index contributed by atoms with van der Waals surface area (Å²) in [7, 11) is 1.63. The van der Waals surface area contributed by atoms with Gasteiger partial charge in [-0.1, -0.05) is 6.07 Å². The molecule has 2 aromatic rings. The second-order valence-electron chi connectivity index (χ2n) is 4.98. The third-order valence-corrected chi connectivity index (χ3v) is 3.27. The van der Waals surface area contributed by atoms with Crippen LogP contribution in [0.15, 0.2) is 30.3 Å². The average molecular weight is 300 g/mol. The molecular formula is C16H20N4O2. The molecule has 1 heterocycles. The molecule has 0 saturated heterocycles. The Labute approximate surface area is 129 Å². The number of anilines is 2. The summed E-state index contributed by atoms with van der Waals surface area (Å²) in [5, 5.41) is 13.8. The number of ether oxygens (including phenoxy) is 1. The number of nitrogens with one attached hydrogen (secondary N) is 2. The molecule has 6 heteroatoms. The first-order chi connectivity index (χ1) is 10.6. The lowest BCUT2D eigenvalue weighted by Crippen LogP contribution is -2.15. The van der Waals surface area contributed by atoms with Crippen LogP contribution in [-0.2, 0) is 4.74 Å². The molecule has 0 bridgehead atoms. The number of methoxy groups -OCH3 is 1. The van der Waals surface area contributed by atoms with Crippen LogP contribution in [0.2, 0.25) is 0 Å². The number of rotatable bonds is 6. The minimum Gasteiger partial charge on any atom is -0.383 e. The van der Waals surface area contributed by atoms with Crippen LogP contribution >= 0.6 is 0 Å². The van der Waals surface area contributed by atoms with Gasteiger partial charge in [-0.3, -0.25) is 4.79 Å². The van der Waals surface area contributed by atoms with Crippen LogP contribution in [0.25, 0.3) is 0 Å². The molecule has 0 aliphatic carbocycles. The second-order valence-corrected chi connectivity index (χ2v) is 4.98. The number of nitrogens with zero attached hydrogens (tertiary/aromatic N) is 2. The molecule has 0 aliphatic heterocycles. The molecule has 0 spiro atoms. The molecule has 1 amide bonds. The molecule has 2 N–H and O–H groups in total. The summed E-state index contributed by atoms with van der Waals surface area (Å²) in [6, 6.07) is 9.13. The van der Waals surface area contributed by atoms with E-state index in [1.54, 1.807) is 19.2 Å². The summed E-state index contributed by atoms with van der Waals surface area (Å²) in [5.74, 6) is 0.332. The predicted molar refractivity (Wildman–Crippen MR) is 86.3 cm³/mol. The average Bonchev–Trinajstić information content (AvgIpc) is 2.52. The molecule has 0 saturated carbocycles. The Morgan fingerprint density at radius 3 is 2.59 bits per heavy atom. The highest BCUT2D eigenvalue weighted by molar-refractivity contribution is 6.02. The lowest BCUT2D eigenvalue weighted by Gasteiger charge is -2.08. The summed E-state index contributed by atoms with van der Waals surface area (Å²) >= 11 is 0. The lowest BCUT2D eigenvalue weighted by molar-refractivity contribution is 0.102. The monoisotopic (exact) mass is 300 g/mol. The van der Waals surface area contributed by atoms with E-state index in [9.17, 15) is 4.79 Å². The maximum absolute atomic E-state index is 12.1. The van der Waals surface area contributed by atoms with Crippen LogP contribution in [0.3, 0.4) is 0 Å². The van der Waals surface area contributed by atoms with E-state index in [0.29, 0.717) is 19.0 Å². The van der Waals surface area contributed by atoms with Crippen molar-refractivity contribution in [2.24, 2.45) is 0 Å². The fourth-order valence-electron chi connectivity index (χ4n) is 1.84. The highest BCUT2D eigenvalue weighted by Gasteiger charge is 2.09. The molecule has 116 valence electrons. The SMILES string of the molecule is COCCNc1ccc(C(=O)Nc2ccc(C)c(C)c2)nn1. The predicted octanol–water partition coefficient (Wildman–Crippen LogP) is 2.40. The van der Waals surface area contributed by atoms with Gasteiger partial charge >= 0.3 is 0 Å². The van der Waals surface area contributed by atoms with Gasteiger partial charge in [0, 0.05) is 19.3 Å². The molecule has 22 heavy (non-hydrogen) atoms. The lowest BCUT2D eigenvalue weighted by atomic mass is 10.1. The number of aryl methyl sites for hydroxylation is 2. The van der Waals surface area contributed by atoms with Gasteiger partial charge in [0.05, 0.1) is 6.61 Å². The Hall–Kier alpha value is -2.47. The Morgan fingerprint density at radius 2 is 1.95 bits per heavy atom. The van der Waals surface area contributed by atoms with Crippen LogP contribution in [0.5, 0.6) is 0 Å². The fourth-order valence-corrected chi connectivity index (χ4v) is 1.84. The van der Waals surface area contributed by atoms with Crippen molar-refractivity contribution in [2.45, 2.75) is 13.8 Å². The molecule has 0 radical (unpaired) electrons. The Balaban J connectivity index is 1.98. The zero-order valence-corrected chi connectivity index (χ0v) is 13.0. The summed E-state index contributed by atoms with van der Waals surface area (Å²) in [6.07, 6.45) is 0. The van der Waals surface area contributed by atoms with E-state index < -0.39 is 0 Å². The van der Waals surface area contributed by atoms with Gasteiger partial charge in [0.1, 0.15) is 5.82 Å². The van der Waals surface area contributed by atoms with Crippen molar-refractivity contribution in [1.29, 1.82) is 0 Å². The standard InChI is InChI=1S/C16H20N4O2/c1-11-4-5-13(10-12(11)2)18-16(21)14-6-7-15(20-19-14)17-8-9-22-3/h4-7,10H,8-9H2,1-3H3,(H,17,20)(H,18,21). The highest BCUT2D eigenvalue weighted by Crippen LogP contribution is 2.15. The molecule has 0 atom stereocenters. The number of carbonyl (C=O) groups is 1. The minimum absolute atomic E-state index is 0.274. The van der Waals surface area contributed by atoms with Crippen LogP contribution < -0.4 is 10.6 Å². The van der Waals surface area contributed by atoms with Crippen LogP contribution in [0.4, 0.5) is 11.5 Å². The molecule has 1 aromatic heterocycles. The normalized spacial score (nSPS) is 10.3. The van der Waals surface area contributed by atoms with Gasteiger partial charge in [-0.2, -0.15) is 0 Å². The van der Waals surface area contributed by atoms with Gasteiger partial charge in [-0.15, -0.1) is 10.2 Å². The molecule has 2 rings (SSSR count).